The minimum absolute atomic E-state index is 0.0705. The highest BCUT2D eigenvalue weighted by atomic mass is 16.2. The summed E-state index contributed by atoms with van der Waals surface area (Å²) in [7, 11) is 0. The first-order chi connectivity index (χ1) is 12.2. The summed E-state index contributed by atoms with van der Waals surface area (Å²) < 4.78 is 0. The van der Waals surface area contributed by atoms with Gasteiger partial charge in [-0.1, -0.05) is 24.3 Å². The topological polar surface area (TPSA) is 44.4 Å². The van der Waals surface area contributed by atoms with Crippen molar-refractivity contribution in [1.82, 2.24) is 15.5 Å². The van der Waals surface area contributed by atoms with E-state index in [-0.39, 0.29) is 6.03 Å². The Balaban J connectivity index is 1.20. The fraction of sp³-hybridized carbons (Fsp3) is 0.667. The summed E-state index contributed by atoms with van der Waals surface area (Å²) >= 11 is 0. The second-order valence-corrected chi connectivity index (χ2v) is 8.30. The van der Waals surface area contributed by atoms with Gasteiger partial charge in [0.2, 0.25) is 0 Å². The first kappa shape index (κ1) is 16.9. The van der Waals surface area contributed by atoms with Gasteiger partial charge in [-0.2, -0.15) is 0 Å². The van der Waals surface area contributed by atoms with E-state index in [0.29, 0.717) is 12.1 Å². The molecule has 2 amide bonds. The fourth-order valence-electron chi connectivity index (χ4n) is 4.17. The van der Waals surface area contributed by atoms with Crippen molar-refractivity contribution in [3.8, 4) is 0 Å². The predicted molar refractivity (Wildman–Crippen MR) is 100 cm³/mol. The molecule has 4 nitrogen and oxygen atoms in total. The predicted octanol–water partition coefficient (Wildman–Crippen LogP) is 3.45. The molecule has 0 aromatic heterocycles. The number of aryl methyl sites for hydroxylation is 1. The van der Waals surface area contributed by atoms with E-state index in [1.165, 1.54) is 36.8 Å². The number of likely N-dealkylation sites (tertiary alicyclic amines) is 1. The molecule has 0 unspecified atom stereocenters. The number of carbonyl (C=O) groups excluding carboxylic acids is 1. The standard InChI is InChI=1S/C21H31N3O/c1-15-4-2-3-5-18(15)14-24-12-10-19(11-13-24)22-21(25)23-20(16-6-7-16)17-8-9-17/h2-5,16-17,19-20H,6-14H2,1H3,(H2,22,23,25). The Hall–Kier alpha value is -1.55. The molecule has 0 radical (unpaired) electrons. The first-order valence-electron chi connectivity index (χ1n) is 10.0. The average molecular weight is 341 g/mol. The van der Waals surface area contributed by atoms with Gasteiger partial charge in [0.15, 0.2) is 0 Å². The molecule has 0 spiro atoms. The molecular weight excluding hydrogens is 310 g/mol. The van der Waals surface area contributed by atoms with Crippen molar-refractivity contribution in [2.24, 2.45) is 11.8 Å². The Morgan fingerprint density at radius 2 is 1.72 bits per heavy atom. The Morgan fingerprint density at radius 3 is 2.32 bits per heavy atom. The Labute approximate surface area is 151 Å². The molecule has 1 aromatic carbocycles. The number of nitrogens with zero attached hydrogens (tertiary/aromatic N) is 1. The van der Waals surface area contributed by atoms with E-state index in [1.54, 1.807) is 0 Å². The van der Waals surface area contributed by atoms with Crippen LogP contribution >= 0.6 is 0 Å². The van der Waals surface area contributed by atoms with E-state index in [4.69, 9.17) is 0 Å². The number of hydrogen-bond donors (Lipinski definition) is 2. The summed E-state index contributed by atoms with van der Waals surface area (Å²) in [6.07, 6.45) is 7.32. The Kier molecular flexibility index (Phi) is 4.98. The van der Waals surface area contributed by atoms with Crippen molar-refractivity contribution in [3.63, 3.8) is 0 Å². The lowest BCUT2D eigenvalue weighted by Gasteiger charge is -2.33. The first-order valence-corrected chi connectivity index (χ1v) is 10.0. The lowest BCUT2D eigenvalue weighted by Crippen LogP contribution is -2.50. The number of carbonyl (C=O) groups is 1. The minimum atomic E-state index is 0.0705. The molecule has 2 N–H and O–H groups in total. The van der Waals surface area contributed by atoms with Crippen LogP contribution in [0.25, 0.3) is 0 Å². The Morgan fingerprint density at radius 1 is 1.08 bits per heavy atom. The van der Waals surface area contributed by atoms with Crippen molar-refractivity contribution in [1.29, 1.82) is 0 Å². The normalized spacial score (nSPS) is 22.2. The largest absolute Gasteiger partial charge is 0.335 e. The summed E-state index contributed by atoms with van der Waals surface area (Å²) in [5, 5.41) is 6.52. The molecule has 1 aromatic rings. The van der Waals surface area contributed by atoms with Crippen molar-refractivity contribution in [2.45, 2.75) is 64.1 Å². The van der Waals surface area contributed by atoms with Crippen molar-refractivity contribution < 1.29 is 4.79 Å². The third kappa shape index (κ3) is 4.55. The van der Waals surface area contributed by atoms with Crippen LogP contribution in [0, 0.1) is 18.8 Å². The highest BCUT2D eigenvalue weighted by molar-refractivity contribution is 5.74. The molecule has 3 fully saturated rings. The minimum Gasteiger partial charge on any atom is -0.335 e. The van der Waals surface area contributed by atoms with E-state index in [9.17, 15) is 4.79 Å². The lowest BCUT2D eigenvalue weighted by atomic mass is 10.0. The second kappa shape index (κ2) is 7.36. The van der Waals surface area contributed by atoms with E-state index in [1.807, 2.05) is 0 Å². The van der Waals surface area contributed by atoms with Gasteiger partial charge in [-0.3, -0.25) is 4.90 Å². The number of urea groups is 1. The van der Waals surface area contributed by atoms with E-state index >= 15 is 0 Å². The number of amides is 2. The smallest absolute Gasteiger partial charge is 0.315 e. The van der Waals surface area contributed by atoms with Gasteiger partial charge in [0.05, 0.1) is 0 Å². The summed E-state index contributed by atoms with van der Waals surface area (Å²) in [5.74, 6) is 1.52. The van der Waals surface area contributed by atoms with Crippen molar-refractivity contribution in [2.75, 3.05) is 13.1 Å². The van der Waals surface area contributed by atoms with Gasteiger partial charge in [-0.05, 0) is 68.4 Å². The molecule has 25 heavy (non-hydrogen) atoms. The zero-order valence-electron chi connectivity index (χ0n) is 15.3. The maximum Gasteiger partial charge on any atom is 0.315 e. The maximum atomic E-state index is 12.4. The highest BCUT2D eigenvalue weighted by Gasteiger charge is 2.42. The van der Waals surface area contributed by atoms with Gasteiger partial charge in [0, 0.05) is 31.7 Å². The molecule has 136 valence electrons. The molecule has 2 aliphatic carbocycles. The van der Waals surface area contributed by atoms with Gasteiger partial charge in [0.25, 0.3) is 0 Å². The molecule has 1 aliphatic heterocycles. The van der Waals surface area contributed by atoms with Gasteiger partial charge in [-0.25, -0.2) is 4.79 Å². The van der Waals surface area contributed by atoms with E-state index in [0.717, 1.165) is 44.3 Å². The number of rotatable bonds is 6. The third-order valence-electron chi connectivity index (χ3n) is 6.14. The summed E-state index contributed by atoms with van der Waals surface area (Å²) in [4.78, 5) is 14.9. The zero-order valence-corrected chi connectivity index (χ0v) is 15.3. The number of hydrogen-bond acceptors (Lipinski definition) is 2. The fourth-order valence-corrected chi connectivity index (χ4v) is 4.17. The van der Waals surface area contributed by atoms with Crippen molar-refractivity contribution in [3.05, 3.63) is 35.4 Å². The second-order valence-electron chi connectivity index (χ2n) is 8.30. The summed E-state index contributed by atoms with van der Waals surface area (Å²) in [6.45, 7) is 5.34. The van der Waals surface area contributed by atoms with Crippen LogP contribution in [-0.4, -0.2) is 36.1 Å². The third-order valence-corrected chi connectivity index (χ3v) is 6.14. The van der Waals surface area contributed by atoms with E-state index in [2.05, 4.69) is 46.7 Å². The van der Waals surface area contributed by atoms with Gasteiger partial charge in [-0.15, -0.1) is 0 Å². The quantitative estimate of drug-likeness (QED) is 0.832. The molecule has 4 rings (SSSR count). The molecule has 0 atom stereocenters. The number of benzene rings is 1. The van der Waals surface area contributed by atoms with Crippen molar-refractivity contribution >= 4 is 6.03 Å². The average Bonchev–Trinajstić information content (AvgIpc) is 3.49. The number of piperidine rings is 1. The van der Waals surface area contributed by atoms with Crippen LogP contribution in [-0.2, 0) is 6.54 Å². The van der Waals surface area contributed by atoms with Crippen LogP contribution in [0.1, 0.15) is 49.7 Å². The molecular formula is C21H31N3O. The van der Waals surface area contributed by atoms with Gasteiger partial charge < -0.3 is 10.6 Å². The number of nitrogens with one attached hydrogen (secondary N) is 2. The summed E-state index contributed by atoms with van der Waals surface area (Å²) in [5.41, 5.74) is 2.79. The molecule has 4 heteroatoms. The molecule has 2 saturated carbocycles. The van der Waals surface area contributed by atoms with Crippen LogP contribution in [0.5, 0.6) is 0 Å². The van der Waals surface area contributed by atoms with Crippen LogP contribution in [0.3, 0.4) is 0 Å². The highest BCUT2D eigenvalue weighted by Crippen LogP contribution is 2.44. The maximum absolute atomic E-state index is 12.4. The van der Waals surface area contributed by atoms with Crippen LogP contribution in [0.2, 0.25) is 0 Å². The molecule has 0 bridgehead atoms. The molecule has 1 saturated heterocycles. The molecule has 3 aliphatic rings. The van der Waals surface area contributed by atoms with Crippen LogP contribution in [0.15, 0.2) is 24.3 Å². The monoisotopic (exact) mass is 341 g/mol. The van der Waals surface area contributed by atoms with Crippen LogP contribution < -0.4 is 10.6 Å². The van der Waals surface area contributed by atoms with Crippen LogP contribution in [0.4, 0.5) is 4.79 Å². The Bertz CT molecular complexity index is 589. The van der Waals surface area contributed by atoms with Gasteiger partial charge >= 0.3 is 6.03 Å². The molecule has 1 heterocycles. The van der Waals surface area contributed by atoms with E-state index < -0.39 is 0 Å². The van der Waals surface area contributed by atoms with Gasteiger partial charge in [0.1, 0.15) is 0 Å². The zero-order chi connectivity index (χ0) is 17.2. The SMILES string of the molecule is Cc1ccccc1CN1CCC(NC(=O)NC(C2CC2)C2CC2)CC1. The lowest BCUT2D eigenvalue weighted by molar-refractivity contribution is 0.184. The summed E-state index contributed by atoms with van der Waals surface area (Å²) in [6, 6.07) is 9.48.